The number of carbonyl (C=O) groups excluding carboxylic acids is 1. The van der Waals surface area contributed by atoms with Crippen LogP contribution in [0.3, 0.4) is 0 Å². The van der Waals surface area contributed by atoms with E-state index in [2.05, 4.69) is 22.3 Å². The zero-order valence-corrected chi connectivity index (χ0v) is 17.6. The fourth-order valence-electron chi connectivity index (χ4n) is 4.00. The molecule has 4 rings (SSSR count). The Labute approximate surface area is 177 Å². The highest BCUT2D eigenvalue weighted by molar-refractivity contribution is 5.77. The van der Waals surface area contributed by atoms with Gasteiger partial charge in [-0.3, -0.25) is 4.79 Å². The number of amides is 1. The number of ether oxygens (including phenoxy) is 3. The molecule has 0 bridgehead atoms. The molecule has 1 fully saturated rings. The largest absolute Gasteiger partial charge is 0.497 e. The average Bonchev–Trinajstić information content (AvgIpc) is 2.79. The number of methoxy groups -OCH3 is 1. The summed E-state index contributed by atoms with van der Waals surface area (Å²) in [5.41, 5.74) is 2.19. The maximum Gasteiger partial charge on any atom is 0.275 e. The second kappa shape index (κ2) is 9.26. The summed E-state index contributed by atoms with van der Waals surface area (Å²) in [5, 5.41) is 3.12. The highest BCUT2D eigenvalue weighted by Gasteiger charge is 2.24. The fourth-order valence-corrected chi connectivity index (χ4v) is 4.00. The van der Waals surface area contributed by atoms with Crippen molar-refractivity contribution in [3.05, 3.63) is 48.0 Å². The van der Waals surface area contributed by atoms with E-state index in [1.54, 1.807) is 7.11 Å². The molecule has 0 spiro atoms. The van der Waals surface area contributed by atoms with Crippen LogP contribution in [0.15, 0.2) is 42.5 Å². The van der Waals surface area contributed by atoms with E-state index in [-0.39, 0.29) is 11.9 Å². The van der Waals surface area contributed by atoms with Crippen molar-refractivity contribution in [2.45, 2.75) is 13.0 Å². The van der Waals surface area contributed by atoms with Gasteiger partial charge < -0.3 is 29.3 Å². The zero-order valence-electron chi connectivity index (χ0n) is 17.6. The predicted molar refractivity (Wildman–Crippen MR) is 115 cm³/mol. The van der Waals surface area contributed by atoms with Crippen molar-refractivity contribution >= 4 is 11.6 Å². The van der Waals surface area contributed by atoms with Crippen LogP contribution in [0.25, 0.3) is 0 Å². The molecular weight excluding hydrogens is 382 g/mol. The molecule has 0 saturated carbocycles. The normalized spacial score (nSPS) is 17.3. The van der Waals surface area contributed by atoms with Gasteiger partial charge in [0.15, 0.2) is 18.0 Å². The number of hydrogen-bond acceptors (Lipinski definition) is 5. The molecule has 7 nitrogen and oxygen atoms in total. The van der Waals surface area contributed by atoms with E-state index in [0.29, 0.717) is 19.8 Å². The molecule has 160 valence electrons. The van der Waals surface area contributed by atoms with Crippen molar-refractivity contribution in [1.29, 1.82) is 0 Å². The van der Waals surface area contributed by atoms with Gasteiger partial charge in [-0.2, -0.15) is 0 Å². The first kappa shape index (κ1) is 20.3. The van der Waals surface area contributed by atoms with Gasteiger partial charge in [0, 0.05) is 11.8 Å². The number of nitrogens with zero attached hydrogens (tertiary/aromatic N) is 1. The summed E-state index contributed by atoms with van der Waals surface area (Å²) in [6.07, 6.45) is 0. The average molecular weight is 413 g/mol. The van der Waals surface area contributed by atoms with Crippen molar-refractivity contribution in [3.63, 3.8) is 0 Å². The lowest BCUT2D eigenvalue weighted by Crippen LogP contribution is -3.15. The van der Waals surface area contributed by atoms with Gasteiger partial charge in [-0.15, -0.1) is 0 Å². The number of piperazine rings is 1. The molecule has 0 radical (unpaired) electrons. The van der Waals surface area contributed by atoms with Crippen LogP contribution in [0.4, 0.5) is 5.69 Å². The minimum Gasteiger partial charge on any atom is -0.497 e. The molecule has 2 aromatic rings. The molecule has 2 N–H and O–H groups in total. The third kappa shape index (κ3) is 4.79. The molecule has 2 aliphatic heterocycles. The first-order valence-electron chi connectivity index (χ1n) is 10.5. The highest BCUT2D eigenvalue weighted by atomic mass is 16.6. The summed E-state index contributed by atoms with van der Waals surface area (Å²) in [7, 11) is 1.69. The molecule has 2 heterocycles. The van der Waals surface area contributed by atoms with Crippen molar-refractivity contribution in [2.75, 3.05) is 57.9 Å². The summed E-state index contributed by atoms with van der Waals surface area (Å²) in [6, 6.07) is 13.9. The van der Waals surface area contributed by atoms with Crippen LogP contribution in [0.5, 0.6) is 17.2 Å². The third-order valence-corrected chi connectivity index (χ3v) is 5.74. The molecule has 1 amide bonds. The number of quaternary nitrogens is 1. The number of hydrogen-bond donors (Lipinski definition) is 2. The third-order valence-electron chi connectivity index (χ3n) is 5.74. The van der Waals surface area contributed by atoms with Crippen LogP contribution in [-0.4, -0.2) is 59.0 Å². The summed E-state index contributed by atoms with van der Waals surface area (Å²) in [6.45, 7) is 7.34. The van der Waals surface area contributed by atoms with Gasteiger partial charge in [0.25, 0.3) is 5.91 Å². The summed E-state index contributed by atoms with van der Waals surface area (Å²) in [4.78, 5) is 16.3. The maximum atomic E-state index is 12.6. The minimum atomic E-state index is -0.0780. The second-order valence-corrected chi connectivity index (χ2v) is 7.81. The van der Waals surface area contributed by atoms with Crippen LogP contribution in [0, 0.1) is 0 Å². The predicted octanol–water partition coefficient (Wildman–Crippen LogP) is 1.05. The Morgan fingerprint density at radius 2 is 1.90 bits per heavy atom. The molecule has 0 unspecified atom stereocenters. The van der Waals surface area contributed by atoms with Gasteiger partial charge in [0.05, 0.1) is 39.3 Å². The molecule has 30 heavy (non-hydrogen) atoms. The monoisotopic (exact) mass is 412 g/mol. The molecule has 1 atom stereocenters. The number of benzene rings is 2. The van der Waals surface area contributed by atoms with Gasteiger partial charge in [-0.1, -0.05) is 12.1 Å². The van der Waals surface area contributed by atoms with Crippen LogP contribution < -0.4 is 29.3 Å². The molecule has 2 aromatic carbocycles. The van der Waals surface area contributed by atoms with E-state index in [4.69, 9.17) is 14.2 Å². The summed E-state index contributed by atoms with van der Waals surface area (Å²) in [5.74, 6) is 2.46. The van der Waals surface area contributed by atoms with E-state index < -0.39 is 0 Å². The van der Waals surface area contributed by atoms with E-state index in [1.165, 1.54) is 10.6 Å². The number of fused-ring (bicyclic) bond motifs is 1. The van der Waals surface area contributed by atoms with Gasteiger partial charge in [0.2, 0.25) is 0 Å². The number of anilines is 1. The van der Waals surface area contributed by atoms with Gasteiger partial charge in [-0.25, -0.2) is 0 Å². The standard InChI is InChI=1S/C23H29N3O4/c1-17(18-6-7-21-22(14-18)30-13-12-29-21)24-23(27)16-25-8-10-26(11-9-25)19-4-3-5-20(15-19)28-2/h3-7,14-15,17H,8-13,16H2,1-2H3,(H,24,27)/p+1/t17-/m1/s1. The van der Waals surface area contributed by atoms with Crippen molar-refractivity contribution in [3.8, 4) is 17.2 Å². The number of nitrogens with one attached hydrogen (secondary N) is 2. The molecule has 2 aliphatic rings. The van der Waals surface area contributed by atoms with Crippen molar-refractivity contribution < 1.29 is 23.9 Å². The van der Waals surface area contributed by atoms with E-state index in [0.717, 1.165) is 49.0 Å². The van der Waals surface area contributed by atoms with Crippen LogP contribution >= 0.6 is 0 Å². The molecule has 0 aliphatic carbocycles. The minimum absolute atomic E-state index is 0.0715. The summed E-state index contributed by atoms with van der Waals surface area (Å²) >= 11 is 0. The first-order valence-corrected chi connectivity index (χ1v) is 10.5. The van der Waals surface area contributed by atoms with Crippen LogP contribution in [0.2, 0.25) is 0 Å². The lowest BCUT2D eigenvalue weighted by Gasteiger charge is -2.33. The van der Waals surface area contributed by atoms with Crippen LogP contribution in [0.1, 0.15) is 18.5 Å². The molecule has 0 aromatic heterocycles. The van der Waals surface area contributed by atoms with Crippen LogP contribution in [-0.2, 0) is 4.79 Å². The van der Waals surface area contributed by atoms with Crippen molar-refractivity contribution in [1.82, 2.24) is 5.32 Å². The second-order valence-electron chi connectivity index (χ2n) is 7.81. The number of carbonyl (C=O) groups is 1. The highest BCUT2D eigenvalue weighted by Crippen LogP contribution is 2.32. The van der Waals surface area contributed by atoms with E-state index in [1.807, 2.05) is 37.3 Å². The maximum absolute atomic E-state index is 12.6. The molecule has 7 heteroatoms. The Morgan fingerprint density at radius 3 is 2.67 bits per heavy atom. The Morgan fingerprint density at radius 1 is 1.13 bits per heavy atom. The lowest BCUT2D eigenvalue weighted by atomic mass is 10.1. The fraction of sp³-hybridized carbons (Fsp3) is 0.435. The van der Waals surface area contributed by atoms with E-state index >= 15 is 0 Å². The van der Waals surface area contributed by atoms with Crippen molar-refractivity contribution in [2.24, 2.45) is 0 Å². The van der Waals surface area contributed by atoms with Gasteiger partial charge in [0.1, 0.15) is 19.0 Å². The Hall–Kier alpha value is -2.93. The van der Waals surface area contributed by atoms with Gasteiger partial charge >= 0.3 is 0 Å². The first-order chi connectivity index (χ1) is 14.6. The number of rotatable bonds is 6. The zero-order chi connectivity index (χ0) is 20.9. The van der Waals surface area contributed by atoms with E-state index in [9.17, 15) is 4.79 Å². The summed E-state index contributed by atoms with van der Waals surface area (Å²) < 4.78 is 16.5. The topological polar surface area (TPSA) is 64.5 Å². The quantitative estimate of drug-likeness (QED) is 0.743. The Balaban J connectivity index is 1.26. The lowest BCUT2D eigenvalue weighted by molar-refractivity contribution is -0.892. The Kier molecular flexibility index (Phi) is 6.28. The molecular formula is C23H30N3O4+. The van der Waals surface area contributed by atoms with Gasteiger partial charge in [-0.05, 0) is 36.8 Å². The smallest absolute Gasteiger partial charge is 0.275 e. The SMILES string of the molecule is COc1cccc(N2CC[NH+](CC(=O)N[C@H](C)c3ccc4c(c3)OCCO4)CC2)c1. The molecule has 1 saturated heterocycles. The Bertz CT molecular complexity index is 881.